The van der Waals surface area contributed by atoms with Gasteiger partial charge >= 0.3 is 6.18 Å². The van der Waals surface area contributed by atoms with Gasteiger partial charge in [0.15, 0.2) is 0 Å². The Morgan fingerprint density at radius 1 is 1.21 bits per heavy atom. The molecule has 2 aliphatic rings. The molecule has 1 N–H and O–H groups in total. The molecule has 1 aromatic rings. The van der Waals surface area contributed by atoms with E-state index in [9.17, 15) is 18.0 Å². The summed E-state index contributed by atoms with van der Waals surface area (Å²) in [5.41, 5.74) is -0.873. The Balaban J connectivity index is 1.55. The monoisotopic (exact) mass is 345 g/mol. The first-order chi connectivity index (χ1) is 11.4. The molecule has 0 bridgehead atoms. The summed E-state index contributed by atoms with van der Waals surface area (Å²) in [6, 6.07) is 0. The number of carbonyl (C=O) groups is 1. The Morgan fingerprint density at radius 3 is 2.42 bits per heavy atom. The van der Waals surface area contributed by atoms with Crippen molar-refractivity contribution in [1.82, 2.24) is 20.2 Å². The zero-order valence-corrected chi connectivity index (χ0v) is 12.9. The van der Waals surface area contributed by atoms with E-state index in [1.807, 2.05) is 0 Å². The van der Waals surface area contributed by atoms with Crippen LogP contribution in [-0.4, -0.2) is 72.8 Å². The molecule has 132 valence electrons. The molecule has 0 aliphatic carbocycles. The van der Waals surface area contributed by atoms with Crippen LogP contribution in [0.4, 0.5) is 19.1 Å². The van der Waals surface area contributed by atoms with Crippen molar-refractivity contribution in [2.24, 2.45) is 0 Å². The number of hydrogen-bond donors (Lipinski definition) is 1. The molecule has 7 nitrogen and oxygen atoms in total. The fourth-order valence-corrected chi connectivity index (χ4v) is 2.69. The van der Waals surface area contributed by atoms with Crippen LogP contribution in [-0.2, 0) is 15.7 Å². The fourth-order valence-electron chi connectivity index (χ4n) is 2.69. The Bertz CT molecular complexity index is 567. The van der Waals surface area contributed by atoms with Gasteiger partial charge in [-0.1, -0.05) is 0 Å². The molecule has 2 aliphatic heterocycles. The molecule has 0 saturated carbocycles. The van der Waals surface area contributed by atoms with E-state index < -0.39 is 17.8 Å². The van der Waals surface area contributed by atoms with Gasteiger partial charge < -0.3 is 19.9 Å². The minimum atomic E-state index is -4.45. The van der Waals surface area contributed by atoms with Gasteiger partial charge in [0.1, 0.15) is 6.10 Å². The lowest BCUT2D eigenvalue weighted by molar-refractivity contribution is -0.145. The van der Waals surface area contributed by atoms with E-state index in [1.165, 1.54) is 0 Å². The largest absolute Gasteiger partial charge is 0.419 e. The van der Waals surface area contributed by atoms with E-state index in [0.29, 0.717) is 39.3 Å². The van der Waals surface area contributed by atoms with Gasteiger partial charge in [-0.05, 0) is 0 Å². The highest BCUT2D eigenvalue weighted by molar-refractivity contribution is 5.81. The van der Waals surface area contributed by atoms with Gasteiger partial charge in [0.05, 0.1) is 12.2 Å². The zero-order valence-electron chi connectivity index (χ0n) is 12.9. The van der Waals surface area contributed by atoms with Crippen molar-refractivity contribution in [2.45, 2.75) is 12.3 Å². The smallest absolute Gasteiger partial charge is 0.366 e. The van der Waals surface area contributed by atoms with Gasteiger partial charge in [-0.25, -0.2) is 9.97 Å². The van der Waals surface area contributed by atoms with Crippen LogP contribution in [0.3, 0.4) is 0 Å². The molecule has 3 rings (SSSR count). The van der Waals surface area contributed by atoms with Crippen LogP contribution in [0.25, 0.3) is 0 Å². The molecule has 24 heavy (non-hydrogen) atoms. The van der Waals surface area contributed by atoms with E-state index in [2.05, 4.69) is 15.3 Å². The molecular weight excluding hydrogens is 327 g/mol. The van der Waals surface area contributed by atoms with Crippen LogP contribution in [0, 0.1) is 0 Å². The maximum Gasteiger partial charge on any atom is 0.419 e. The Kier molecular flexibility index (Phi) is 4.86. The first-order valence-corrected chi connectivity index (χ1v) is 7.70. The fraction of sp³-hybridized carbons (Fsp3) is 0.643. The summed E-state index contributed by atoms with van der Waals surface area (Å²) in [7, 11) is 0. The lowest BCUT2D eigenvalue weighted by Gasteiger charge is -2.37. The number of rotatable bonds is 2. The number of hydrogen-bond acceptors (Lipinski definition) is 6. The third-order valence-electron chi connectivity index (χ3n) is 4.04. The summed E-state index contributed by atoms with van der Waals surface area (Å²) in [5.74, 6) is 0.181. The third-order valence-corrected chi connectivity index (χ3v) is 4.04. The molecule has 2 fully saturated rings. The number of nitrogens with zero attached hydrogens (tertiary/aromatic N) is 4. The number of piperazine rings is 1. The van der Waals surface area contributed by atoms with Crippen molar-refractivity contribution >= 4 is 11.9 Å². The average molecular weight is 345 g/mol. The second-order valence-electron chi connectivity index (χ2n) is 5.65. The maximum atomic E-state index is 12.5. The van der Waals surface area contributed by atoms with E-state index in [-0.39, 0.29) is 11.9 Å². The predicted molar refractivity (Wildman–Crippen MR) is 78.4 cm³/mol. The number of amides is 1. The van der Waals surface area contributed by atoms with Crippen LogP contribution in [0.1, 0.15) is 5.56 Å². The molecule has 0 unspecified atom stereocenters. The summed E-state index contributed by atoms with van der Waals surface area (Å²) in [4.78, 5) is 23.4. The molecule has 0 aromatic carbocycles. The van der Waals surface area contributed by atoms with Gasteiger partial charge in [-0.3, -0.25) is 4.79 Å². The molecule has 2 saturated heterocycles. The lowest BCUT2D eigenvalue weighted by atomic mass is 10.2. The molecule has 1 amide bonds. The standard InChI is InChI=1S/C14H18F3N5O2/c15-14(16,17)10-7-19-13(20-8-10)22-4-2-21(3-5-22)12(23)11-9-18-1-6-24-11/h7-8,11,18H,1-6,9H2/t11-/m0/s1. The highest BCUT2D eigenvalue weighted by Gasteiger charge is 2.32. The Labute approximate surface area is 136 Å². The summed E-state index contributed by atoms with van der Waals surface area (Å²) in [6.45, 7) is 3.61. The Hall–Kier alpha value is -1.94. The van der Waals surface area contributed by atoms with Crippen LogP contribution < -0.4 is 10.2 Å². The normalized spacial score (nSPS) is 22.5. The van der Waals surface area contributed by atoms with Crippen LogP contribution >= 0.6 is 0 Å². The van der Waals surface area contributed by atoms with E-state index in [4.69, 9.17) is 4.74 Å². The van der Waals surface area contributed by atoms with Crippen molar-refractivity contribution in [3.05, 3.63) is 18.0 Å². The number of halogens is 3. The van der Waals surface area contributed by atoms with Gasteiger partial charge in [-0.2, -0.15) is 13.2 Å². The number of anilines is 1. The summed E-state index contributed by atoms with van der Waals surface area (Å²) in [6.07, 6.45) is -3.35. The number of alkyl halides is 3. The minimum Gasteiger partial charge on any atom is -0.366 e. The molecule has 1 aromatic heterocycles. The second-order valence-corrected chi connectivity index (χ2v) is 5.65. The second kappa shape index (κ2) is 6.89. The summed E-state index contributed by atoms with van der Waals surface area (Å²) < 4.78 is 43.0. The maximum absolute atomic E-state index is 12.5. The lowest BCUT2D eigenvalue weighted by Crippen LogP contribution is -2.55. The quantitative estimate of drug-likeness (QED) is 0.822. The Morgan fingerprint density at radius 2 is 1.88 bits per heavy atom. The number of carbonyl (C=O) groups excluding carboxylic acids is 1. The highest BCUT2D eigenvalue weighted by atomic mass is 19.4. The van der Waals surface area contributed by atoms with E-state index in [1.54, 1.807) is 9.80 Å². The van der Waals surface area contributed by atoms with Crippen molar-refractivity contribution in [3.8, 4) is 0 Å². The van der Waals surface area contributed by atoms with Gasteiger partial charge in [0, 0.05) is 51.7 Å². The van der Waals surface area contributed by atoms with E-state index >= 15 is 0 Å². The third kappa shape index (κ3) is 3.75. The number of aromatic nitrogens is 2. The number of nitrogens with one attached hydrogen (secondary N) is 1. The number of morpholine rings is 1. The summed E-state index contributed by atoms with van der Waals surface area (Å²) in [5, 5.41) is 3.11. The topological polar surface area (TPSA) is 70.6 Å². The molecule has 1 atom stereocenters. The molecule has 0 spiro atoms. The first kappa shape index (κ1) is 16.9. The SMILES string of the molecule is O=C([C@@H]1CNCCO1)N1CCN(c2ncc(C(F)(F)F)cn2)CC1. The summed E-state index contributed by atoms with van der Waals surface area (Å²) >= 11 is 0. The van der Waals surface area contributed by atoms with Gasteiger partial charge in [0.2, 0.25) is 5.95 Å². The minimum absolute atomic E-state index is 0.0600. The van der Waals surface area contributed by atoms with Crippen LogP contribution in [0.5, 0.6) is 0 Å². The molecular formula is C14H18F3N5O2. The molecule has 3 heterocycles. The zero-order chi connectivity index (χ0) is 17.2. The van der Waals surface area contributed by atoms with Crippen molar-refractivity contribution in [1.29, 1.82) is 0 Å². The average Bonchev–Trinajstić information content (AvgIpc) is 2.61. The van der Waals surface area contributed by atoms with Crippen LogP contribution in [0.15, 0.2) is 12.4 Å². The van der Waals surface area contributed by atoms with Gasteiger partial charge in [0.25, 0.3) is 5.91 Å². The molecule has 0 radical (unpaired) electrons. The van der Waals surface area contributed by atoms with Crippen molar-refractivity contribution < 1.29 is 22.7 Å². The predicted octanol–water partition coefficient (Wildman–Crippen LogP) is 0.132. The molecule has 10 heteroatoms. The van der Waals surface area contributed by atoms with Gasteiger partial charge in [-0.15, -0.1) is 0 Å². The highest BCUT2D eigenvalue weighted by Crippen LogP contribution is 2.28. The van der Waals surface area contributed by atoms with E-state index in [0.717, 1.165) is 18.9 Å². The van der Waals surface area contributed by atoms with Crippen molar-refractivity contribution in [3.63, 3.8) is 0 Å². The van der Waals surface area contributed by atoms with Crippen molar-refractivity contribution in [2.75, 3.05) is 50.8 Å². The number of ether oxygens (including phenoxy) is 1. The van der Waals surface area contributed by atoms with Crippen LogP contribution in [0.2, 0.25) is 0 Å². The first-order valence-electron chi connectivity index (χ1n) is 7.70.